The molecule has 14 heteroatoms. The lowest BCUT2D eigenvalue weighted by Crippen LogP contribution is -2.52. The molecule has 1 aromatic heterocycles. The molecule has 0 amide bonds. The maximum absolute atomic E-state index is 14.5. The number of hydrogen-bond donors (Lipinski definition) is 2. The van der Waals surface area contributed by atoms with Gasteiger partial charge in [-0.05, 0) is 62.8 Å². The first-order valence-corrected chi connectivity index (χ1v) is 13.2. The molecule has 39 heavy (non-hydrogen) atoms. The number of benzene rings is 1. The number of fused-ring (bicyclic) bond motifs is 2. The Bertz CT molecular complexity index is 1310. The Balaban J connectivity index is 1.37. The van der Waals surface area contributed by atoms with Gasteiger partial charge in [0.25, 0.3) is 0 Å². The number of ether oxygens (including phenoxy) is 4. The van der Waals surface area contributed by atoms with Gasteiger partial charge in [-0.3, -0.25) is 10.0 Å². The van der Waals surface area contributed by atoms with Crippen LogP contribution in [0, 0.1) is 11.6 Å². The van der Waals surface area contributed by atoms with Gasteiger partial charge in [-0.1, -0.05) is 0 Å². The molecule has 6 rings (SSSR count). The van der Waals surface area contributed by atoms with E-state index in [0.717, 1.165) is 18.9 Å². The molecule has 2 saturated carbocycles. The molecule has 2 aromatic rings. The second kappa shape index (κ2) is 9.66. The van der Waals surface area contributed by atoms with Gasteiger partial charge in [0.1, 0.15) is 24.5 Å². The average Bonchev–Trinajstić information content (AvgIpc) is 3.47. The maximum atomic E-state index is 14.5. The summed E-state index contributed by atoms with van der Waals surface area (Å²) in [6, 6.07) is 1.92. The van der Waals surface area contributed by atoms with Crippen LogP contribution in [0.25, 0.3) is 0 Å². The number of hydrazine groups is 2. The number of carbonyl (C=O) groups is 1. The molecule has 210 valence electrons. The third-order valence-electron chi connectivity index (χ3n) is 7.29. The topological polar surface area (TPSA) is 124 Å². The van der Waals surface area contributed by atoms with Gasteiger partial charge in [-0.25, -0.2) is 13.6 Å². The van der Waals surface area contributed by atoms with E-state index in [1.54, 1.807) is 30.8 Å². The van der Waals surface area contributed by atoms with Gasteiger partial charge in [-0.2, -0.15) is 9.97 Å². The molecule has 3 fully saturated rings. The van der Waals surface area contributed by atoms with Crippen LogP contribution in [-0.2, 0) is 23.7 Å². The largest absolute Gasteiger partial charge is 0.464 e. The normalized spacial score (nSPS) is 27.1. The maximum Gasteiger partial charge on any atom is 0.332 e. The number of carbonyl (C=O) groups excluding carboxylic acids is 1. The number of esters is 1. The predicted octanol–water partition coefficient (Wildman–Crippen LogP) is 3.49. The van der Waals surface area contributed by atoms with Gasteiger partial charge in [0.05, 0.1) is 24.4 Å². The minimum absolute atomic E-state index is 0.0556. The second-order valence-corrected chi connectivity index (χ2v) is 10.8. The highest BCUT2D eigenvalue weighted by molar-refractivity contribution is 6.28. The van der Waals surface area contributed by atoms with Crippen LogP contribution in [0.5, 0.6) is 0 Å². The van der Waals surface area contributed by atoms with Gasteiger partial charge in [-0.15, -0.1) is 5.53 Å². The average molecular weight is 567 g/mol. The van der Waals surface area contributed by atoms with Crippen molar-refractivity contribution < 1.29 is 32.5 Å². The van der Waals surface area contributed by atoms with Crippen LogP contribution in [0.4, 0.5) is 31.8 Å². The highest BCUT2D eigenvalue weighted by Gasteiger charge is 2.58. The molecule has 2 aliphatic heterocycles. The smallest absolute Gasteiger partial charge is 0.332 e. The van der Waals surface area contributed by atoms with Crippen molar-refractivity contribution in [2.45, 2.75) is 76.1 Å². The first-order chi connectivity index (χ1) is 18.6. The Morgan fingerprint density at radius 1 is 1.23 bits per heavy atom. The molecule has 1 aromatic carbocycles. The molecule has 0 bridgehead atoms. The molecule has 4 aliphatic rings. The molecular formula is C25H29ClF2N6O5. The van der Waals surface area contributed by atoms with Gasteiger partial charge in [0.15, 0.2) is 29.1 Å². The number of nitrogens with one attached hydrogen (secondary N) is 1. The van der Waals surface area contributed by atoms with E-state index in [1.165, 1.54) is 6.07 Å². The highest BCUT2D eigenvalue weighted by Crippen LogP contribution is 2.51. The van der Waals surface area contributed by atoms with E-state index in [4.69, 9.17) is 36.3 Å². The van der Waals surface area contributed by atoms with Crippen molar-refractivity contribution >= 4 is 40.6 Å². The van der Waals surface area contributed by atoms with Crippen molar-refractivity contribution in [2.75, 3.05) is 29.0 Å². The molecule has 1 saturated heterocycles. The molecule has 11 nitrogen and oxygen atoms in total. The summed E-state index contributed by atoms with van der Waals surface area (Å²) in [5.41, 5.74) is 10.9. The molecule has 0 unspecified atom stereocenters. The fourth-order valence-electron chi connectivity index (χ4n) is 5.59. The van der Waals surface area contributed by atoms with Crippen molar-refractivity contribution in [3.05, 3.63) is 34.6 Å². The van der Waals surface area contributed by atoms with E-state index >= 15 is 0 Å². The van der Waals surface area contributed by atoms with E-state index in [2.05, 4.69) is 15.5 Å². The van der Waals surface area contributed by atoms with Crippen LogP contribution in [-0.4, -0.2) is 59.3 Å². The van der Waals surface area contributed by atoms with Crippen molar-refractivity contribution in [3.63, 3.8) is 0 Å². The lowest BCUT2D eigenvalue weighted by Gasteiger charge is -2.31. The van der Waals surface area contributed by atoms with Gasteiger partial charge >= 0.3 is 5.97 Å². The number of halogens is 3. The van der Waals surface area contributed by atoms with E-state index in [0.29, 0.717) is 29.2 Å². The summed E-state index contributed by atoms with van der Waals surface area (Å²) in [5.74, 6) is -2.83. The van der Waals surface area contributed by atoms with E-state index in [1.807, 2.05) is 0 Å². The quantitative estimate of drug-likeness (QED) is 0.378. The lowest BCUT2D eigenvalue weighted by atomic mass is 10.1. The Kier molecular flexibility index (Phi) is 6.54. The van der Waals surface area contributed by atoms with E-state index in [9.17, 15) is 13.6 Å². The molecule has 3 heterocycles. The minimum atomic E-state index is -0.993. The first kappa shape index (κ1) is 26.4. The van der Waals surface area contributed by atoms with Crippen LogP contribution in [0.1, 0.15) is 51.5 Å². The SMILES string of the molecule is CCOC(=O)CO[C@H]1C[C@@H](N2NN(c3cc(F)c(F)cc3C3CC3)c3c(N)nc(Cl)nc32)[C@@H]2OC(C)(C)O[C@@H]21. The summed E-state index contributed by atoms with van der Waals surface area (Å²) in [4.78, 5) is 20.5. The Labute approximate surface area is 228 Å². The molecule has 0 spiro atoms. The van der Waals surface area contributed by atoms with Crippen molar-refractivity contribution in [3.8, 4) is 0 Å². The number of hydrogen-bond acceptors (Lipinski definition) is 11. The number of nitrogens with two attached hydrogens (primary N) is 1. The zero-order valence-electron chi connectivity index (χ0n) is 21.6. The van der Waals surface area contributed by atoms with Gasteiger partial charge in [0, 0.05) is 12.5 Å². The Morgan fingerprint density at radius 3 is 2.67 bits per heavy atom. The van der Waals surface area contributed by atoms with Crippen LogP contribution in [0.2, 0.25) is 5.28 Å². The predicted molar refractivity (Wildman–Crippen MR) is 136 cm³/mol. The van der Waals surface area contributed by atoms with Crippen molar-refractivity contribution in [2.24, 2.45) is 0 Å². The van der Waals surface area contributed by atoms with Gasteiger partial charge in [0.2, 0.25) is 5.28 Å². The summed E-state index contributed by atoms with van der Waals surface area (Å²) < 4.78 is 52.2. The zero-order valence-corrected chi connectivity index (χ0v) is 22.4. The summed E-state index contributed by atoms with van der Waals surface area (Å²) >= 11 is 6.21. The molecule has 3 N–H and O–H groups in total. The van der Waals surface area contributed by atoms with Crippen LogP contribution >= 0.6 is 11.6 Å². The summed E-state index contributed by atoms with van der Waals surface area (Å²) in [5, 5.41) is 3.19. The highest BCUT2D eigenvalue weighted by atomic mass is 35.5. The van der Waals surface area contributed by atoms with Crippen LogP contribution in [0.15, 0.2) is 12.1 Å². The molecule has 2 aliphatic carbocycles. The van der Waals surface area contributed by atoms with Crippen LogP contribution in [0.3, 0.4) is 0 Å². The zero-order chi connectivity index (χ0) is 27.6. The van der Waals surface area contributed by atoms with E-state index in [-0.39, 0.29) is 30.2 Å². The Morgan fingerprint density at radius 2 is 1.95 bits per heavy atom. The number of nitrogens with zero attached hydrogens (tertiary/aromatic N) is 4. The molecule has 0 radical (unpaired) electrons. The summed E-state index contributed by atoms with van der Waals surface area (Å²) in [6.07, 6.45) is 0.585. The number of anilines is 4. The number of rotatable bonds is 7. The van der Waals surface area contributed by atoms with Gasteiger partial charge < -0.3 is 24.7 Å². The van der Waals surface area contributed by atoms with Crippen LogP contribution < -0.4 is 21.3 Å². The van der Waals surface area contributed by atoms with E-state index < -0.39 is 47.7 Å². The molecular weight excluding hydrogens is 538 g/mol. The fourth-order valence-corrected chi connectivity index (χ4v) is 5.76. The third kappa shape index (κ3) is 4.76. The summed E-state index contributed by atoms with van der Waals surface area (Å²) in [7, 11) is 0. The fraction of sp³-hybridized carbons (Fsp3) is 0.560. The second-order valence-electron chi connectivity index (χ2n) is 10.5. The lowest BCUT2D eigenvalue weighted by molar-refractivity contribution is -0.172. The first-order valence-electron chi connectivity index (χ1n) is 12.9. The van der Waals surface area contributed by atoms with Crippen molar-refractivity contribution in [1.82, 2.24) is 15.5 Å². The summed E-state index contributed by atoms with van der Waals surface area (Å²) in [6.45, 7) is 5.31. The molecule has 4 atom stereocenters. The minimum Gasteiger partial charge on any atom is -0.464 e. The number of aromatic nitrogens is 2. The number of nitrogen functional groups attached to an aromatic ring is 1. The monoisotopic (exact) mass is 566 g/mol. The standard InChI is InChI=1S/C25H29ClF2N6O5/c1-4-36-18(35)10-37-17-9-16(20-21(17)39-25(2,3)38-20)34-23-19(22(29)30-24(26)31-23)33(32-34)15-8-14(28)13(27)7-12(15)11-5-6-11/h7-8,11,16-17,20-21,32H,4-6,9-10H2,1-3H3,(H2,29,30,31)/t16-,17+,20+,21-/m1/s1. The Hall–Kier alpha value is -2.84. The van der Waals surface area contributed by atoms with Crippen molar-refractivity contribution in [1.29, 1.82) is 0 Å². The third-order valence-corrected chi connectivity index (χ3v) is 7.46.